The van der Waals surface area contributed by atoms with Crippen molar-refractivity contribution >= 4 is 0 Å². The Kier molecular flexibility index (Phi) is 4.73. The highest BCUT2D eigenvalue weighted by Crippen LogP contribution is 2.03. The van der Waals surface area contributed by atoms with Gasteiger partial charge in [0.05, 0.1) is 0 Å². The van der Waals surface area contributed by atoms with Crippen molar-refractivity contribution in [2.24, 2.45) is 0 Å². The normalized spacial score (nSPS) is 12.0. The Labute approximate surface area is 86.2 Å². The van der Waals surface area contributed by atoms with Gasteiger partial charge in [0.15, 0.2) is 0 Å². The van der Waals surface area contributed by atoms with Gasteiger partial charge in [0, 0.05) is 12.6 Å². The zero-order valence-electron chi connectivity index (χ0n) is 8.45. The van der Waals surface area contributed by atoms with E-state index < -0.39 is 0 Å². The molecule has 1 aromatic carbocycles. The van der Waals surface area contributed by atoms with Gasteiger partial charge in [-0.05, 0) is 12.0 Å². The Bertz CT molecular complexity index is 277. The van der Waals surface area contributed by atoms with Gasteiger partial charge in [0.25, 0.3) is 0 Å². The van der Waals surface area contributed by atoms with E-state index in [0.717, 1.165) is 13.0 Å². The second-order valence-electron chi connectivity index (χ2n) is 3.23. The zero-order valence-corrected chi connectivity index (χ0v) is 8.45. The molecule has 0 fully saturated rings. The molecule has 1 unspecified atom stereocenters. The Morgan fingerprint density at radius 3 is 2.50 bits per heavy atom. The van der Waals surface area contributed by atoms with Gasteiger partial charge < -0.3 is 5.32 Å². The van der Waals surface area contributed by atoms with Gasteiger partial charge >= 0.3 is 0 Å². The molecular formula is C13H17N. The van der Waals surface area contributed by atoms with Crippen molar-refractivity contribution in [3.05, 3.63) is 61.2 Å². The quantitative estimate of drug-likeness (QED) is 0.675. The summed E-state index contributed by atoms with van der Waals surface area (Å²) in [5, 5.41) is 3.33. The van der Waals surface area contributed by atoms with Crippen LogP contribution in [0.2, 0.25) is 0 Å². The summed E-state index contributed by atoms with van der Waals surface area (Å²) in [6.45, 7) is 8.31. The minimum absolute atomic E-state index is 0.329. The first-order valence-corrected chi connectivity index (χ1v) is 4.87. The van der Waals surface area contributed by atoms with E-state index in [1.807, 2.05) is 18.2 Å². The average molecular weight is 187 g/mol. The van der Waals surface area contributed by atoms with Crippen LogP contribution in [0.3, 0.4) is 0 Å². The summed E-state index contributed by atoms with van der Waals surface area (Å²) in [7, 11) is 0. The van der Waals surface area contributed by atoms with E-state index in [-0.39, 0.29) is 0 Å². The Morgan fingerprint density at radius 1 is 1.21 bits per heavy atom. The lowest BCUT2D eigenvalue weighted by Gasteiger charge is -2.13. The highest BCUT2D eigenvalue weighted by Gasteiger charge is 2.02. The van der Waals surface area contributed by atoms with Crippen molar-refractivity contribution < 1.29 is 0 Å². The SMILES string of the molecule is C=CCNC(C=C)Cc1ccccc1. The summed E-state index contributed by atoms with van der Waals surface area (Å²) in [6, 6.07) is 10.7. The van der Waals surface area contributed by atoms with Crippen LogP contribution in [0.5, 0.6) is 0 Å². The highest BCUT2D eigenvalue weighted by molar-refractivity contribution is 5.17. The van der Waals surface area contributed by atoms with E-state index in [4.69, 9.17) is 0 Å². The summed E-state index contributed by atoms with van der Waals surface area (Å²) in [5.41, 5.74) is 1.33. The summed E-state index contributed by atoms with van der Waals surface area (Å²) >= 11 is 0. The van der Waals surface area contributed by atoms with E-state index in [0.29, 0.717) is 6.04 Å². The van der Waals surface area contributed by atoms with Crippen LogP contribution < -0.4 is 5.32 Å². The average Bonchev–Trinajstić information content (AvgIpc) is 2.25. The smallest absolute Gasteiger partial charge is 0.0290 e. The summed E-state index contributed by atoms with van der Waals surface area (Å²) in [5.74, 6) is 0. The van der Waals surface area contributed by atoms with Gasteiger partial charge in [-0.1, -0.05) is 42.5 Å². The van der Waals surface area contributed by atoms with Crippen molar-refractivity contribution in [1.29, 1.82) is 0 Å². The molecule has 1 atom stereocenters. The fourth-order valence-electron chi connectivity index (χ4n) is 1.34. The molecular weight excluding hydrogens is 170 g/mol. The van der Waals surface area contributed by atoms with Crippen LogP contribution >= 0.6 is 0 Å². The molecule has 1 nitrogen and oxygen atoms in total. The van der Waals surface area contributed by atoms with Gasteiger partial charge in [-0.3, -0.25) is 0 Å². The summed E-state index contributed by atoms with van der Waals surface area (Å²) in [6.07, 6.45) is 4.79. The van der Waals surface area contributed by atoms with Crippen molar-refractivity contribution in [1.82, 2.24) is 5.32 Å². The van der Waals surface area contributed by atoms with Gasteiger partial charge in [-0.15, -0.1) is 13.2 Å². The predicted octanol–water partition coefficient (Wildman–Crippen LogP) is 2.56. The zero-order chi connectivity index (χ0) is 10.2. The number of hydrogen-bond donors (Lipinski definition) is 1. The lowest BCUT2D eigenvalue weighted by atomic mass is 10.1. The third-order valence-electron chi connectivity index (χ3n) is 2.11. The molecule has 0 aromatic heterocycles. The third kappa shape index (κ3) is 3.58. The van der Waals surface area contributed by atoms with Crippen molar-refractivity contribution in [3.63, 3.8) is 0 Å². The number of nitrogens with one attached hydrogen (secondary N) is 1. The maximum absolute atomic E-state index is 3.81. The second-order valence-corrected chi connectivity index (χ2v) is 3.23. The standard InChI is InChI=1S/C13H17N/c1-3-10-14-13(4-2)11-12-8-6-5-7-9-12/h3-9,13-14H,1-2,10-11H2. The van der Waals surface area contributed by atoms with Crippen LogP contribution in [0, 0.1) is 0 Å². The molecule has 0 heterocycles. The molecule has 0 aliphatic rings. The Balaban J connectivity index is 2.48. The lowest BCUT2D eigenvalue weighted by molar-refractivity contribution is 0.632. The minimum Gasteiger partial charge on any atom is -0.307 e. The number of rotatable bonds is 6. The molecule has 0 radical (unpaired) electrons. The minimum atomic E-state index is 0.329. The number of hydrogen-bond acceptors (Lipinski definition) is 1. The fourth-order valence-corrected chi connectivity index (χ4v) is 1.34. The molecule has 0 saturated heterocycles. The van der Waals surface area contributed by atoms with E-state index in [1.165, 1.54) is 5.56 Å². The molecule has 1 aromatic rings. The molecule has 0 spiro atoms. The molecule has 0 bridgehead atoms. The van der Waals surface area contributed by atoms with Crippen LogP contribution in [0.4, 0.5) is 0 Å². The Hall–Kier alpha value is -1.34. The van der Waals surface area contributed by atoms with Gasteiger partial charge in [-0.25, -0.2) is 0 Å². The molecule has 74 valence electrons. The fraction of sp³-hybridized carbons (Fsp3) is 0.231. The highest BCUT2D eigenvalue weighted by atomic mass is 14.9. The summed E-state index contributed by atoms with van der Waals surface area (Å²) < 4.78 is 0. The maximum atomic E-state index is 3.81. The van der Waals surface area contributed by atoms with Crippen molar-refractivity contribution in [2.75, 3.05) is 6.54 Å². The first-order chi connectivity index (χ1) is 6.86. The molecule has 1 heteroatoms. The third-order valence-corrected chi connectivity index (χ3v) is 2.11. The van der Waals surface area contributed by atoms with Gasteiger partial charge in [-0.2, -0.15) is 0 Å². The van der Waals surface area contributed by atoms with E-state index in [9.17, 15) is 0 Å². The second kappa shape index (κ2) is 6.17. The van der Waals surface area contributed by atoms with E-state index in [1.54, 1.807) is 0 Å². The van der Waals surface area contributed by atoms with Crippen LogP contribution in [-0.4, -0.2) is 12.6 Å². The van der Waals surface area contributed by atoms with Gasteiger partial charge in [0.2, 0.25) is 0 Å². The van der Waals surface area contributed by atoms with Crippen molar-refractivity contribution in [2.45, 2.75) is 12.5 Å². The first kappa shape index (κ1) is 10.7. The van der Waals surface area contributed by atoms with Crippen molar-refractivity contribution in [3.8, 4) is 0 Å². The maximum Gasteiger partial charge on any atom is 0.0290 e. The molecule has 0 amide bonds. The molecule has 1 N–H and O–H groups in total. The molecule has 0 aliphatic carbocycles. The molecule has 1 rings (SSSR count). The van der Waals surface area contributed by atoms with Crippen LogP contribution in [0.1, 0.15) is 5.56 Å². The predicted molar refractivity (Wildman–Crippen MR) is 62.3 cm³/mol. The van der Waals surface area contributed by atoms with Crippen LogP contribution in [0.15, 0.2) is 55.6 Å². The molecule has 0 saturated carbocycles. The summed E-state index contributed by atoms with van der Waals surface area (Å²) in [4.78, 5) is 0. The van der Waals surface area contributed by atoms with Gasteiger partial charge in [0.1, 0.15) is 0 Å². The van der Waals surface area contributed by atoms with Crippen LogP contribution in [0.25, 0.3) is 0 Å². The largest absolute Gasteiger partial charge is 0.307 e. The lowest BCUT2D eigenvalue weighted by Crippen LogP contribution is -2.28. The van der Waals surface area contributed by atoms with E-state index >= 15 is 0 Å². The van der Waals surface area contributed by atoms with E-state index in [2.05, 4.69) is 42.7 Å². The molecule has 0 aliphatic heterocycles. The number of benzene rings is 1. The Morgan fingerprint density at radius 2 is 1.93 bits per heavy atom. The van der Waals surface area contributed by atoms with Crippen LogP contribution in [-0.2, 0) is 6.42 Å². The first-order valence-electron chi connectivity index (χ1n) is 4.87. The molecule has 14 heavy (non-hydrogen) atoms. The topological polar surface area (TPSA) is 12.0 Å². The monoisotopic (exact) mass is 187 g/mol.